The average molecular weight is 328 g/mol. The second kappa shape index (κ2) is 8.18. The highest BCUT2D eigenvalue weighted by Crippen LogP contribution is 2.34. The molecule has 0 atom stereocenters. The lowest BCUT2D eigenvalue weighted by atomic mass is 10.1. The highest BCUT2D eigenvalue weighted by Gasteiger charge is 2.19. The summed E-state index contributed by atoms with van der Waals surface area (Å²) in [5.41, 5.74) is 2.09. The summed E-state index contributed by atoms with van der Waals surface area (Å²) in [6.07, 6.45) is 7.86. The molecule has 0 aromatic heterocycles. The van der Waals surface area contributed by atoms with Gasteiger partial charge in [0.05, 0.1) is 7.11 Å². The minimum atomic E-state index is -0.246. The minimum Gasteiger partial charge on any atom is -0.493 e. The van der Waals surface area contributed by atoms with Crippen LogP contribution in [0.3, 0.4) is 0 Å². The van der Waals surface area contributed by atoms with Gasteiger partial charge >= 0.3 is 0 Å². The van der Waals surface area contributed by atoms with Gasteiger partial charge in [0.2, 0.25) is 0 Å². The van der Waals surface area contributed by atoms with E-state index in [2.05, 4.69) is 12.1 Å². The SMILES string of the molecule is COc1cc(CCCCC2CC2)ccc1OCc1cccc(F)c1. The maximum absolute atomic E-state index is 13.2. The van der Waals surface area contributed by atoms with Gasteiger partial charge in [-0.3, -0.25) is 0 Å². The molecule has 1 saturated carbocycles. The van der Waals surface area contributed by atoms with E-state index < -0.39 is 0 Å². The molecule has 0 saturated heterocycles. The van der Waals surface area contributed by atoms with Crippen LogP contribution in [0.15, 0.2) is 42.5 Å². The topological polar surface area (TPSA) is 18.5 Å². The zero-order chi connectivity index (χ0) is 16.8. The third-order valence-corrected chi connectivity index (χ3v) is 4.54. The van der Waals surface area contributed by atoms with E-state index in [1.165, 1.54) is 49.8 Å². The van der Waals surface area contributed by atoms with Crippen molar-refractivity contribution >= 4 is 0 Å². The summed E-state index contributed by atoms with van der Waals surface area (Å²) in [5, 5.41) is 0. The summed E-state index contributed by atoms with van der Waals surface area (Å²) in [7, 11) is 1.65. The first-order chi connectivity index (χ1) is 11.7. The highest BCUT2D eigenvalue weighted by atomic mass is 19.1. The van der Waals surface area contributed by atoms with Crippen LogP contribution in [-0.4, -0.2) is 7.11 Å². The van der Waals surface area contributed by atoms with Crippen molar-refractivity contribution in [2.45, 2.75) is 45.1 Å². The van der Waals surface area contributed by atoms with Crippen LogP contribution in [0.25, 0.3) is 0 Å². The van der Waals surface area contributed by atoms with Crippen molar-refractivity contribution in [1.29, 1.82) is 0 Å². The number of hydrogen-bond donors (Lipinski definition) is 0. The van der Waals surface area contributed by atoms with Gasteiger partial charge in [0.25, 0.3) is 0 Å². The van der Waals surface area contributed by atoms with Crippen molar-refractivity contribution in [3.8, 4) is 11.5 Å². The fourth-order valence-electron chi connectivity index (χ4n) is 2.94. The zero-order valence-electron chi connectivity index (χ0n) is 14.3. The number of unbranched alkanes of at least 4 members (excludes halogenated alkanes) is 1. The Bertz CT molecular complexity index is 665. The van der Waals surface area contributed by atoms with Crippen molar-refractivity contribution in [1.82, 2.24) is 0 Å². The van der Waals surface area contributed by atoms with Crippen LogP contribution in [-0.2, 0) is 13.0 Å². The molecule has 2 aromatic carbocycles. The molecule has 128 valence electrons. The maximum Gasteiger partial charge on any atom is 0.161 e. The van der Waals surface area contributed by atoms with Gasteiger partial charge in [0.1, 0.15) is 12.4 Å². The highest BCUT2D eigenvalue weighted by molar-refractivity contribution is 5.43. The Morgan fingerprint density at radius 2 is 1.88 bits per heavy atom. The van der Waals surface area contributed by atoms with E-state index in [-0.39, 0.29) is 5.82 Å². The number of aryl methyl sites for hydroxylation is 1. The third-order valence-electron chi connectivity index (χ3n) is 4.54. The predicted molar refractivity (Wildman–Crippen MR) is 94.0 cm³/mol. The second-order valence-corrected chi connectivity index (χ2v) is 6.59. The molecule has 1 fully saturated rings. The lowest BCUT2D eigenvalue weighted by Gasteiger charge is -2.12. The molecule has 1 aliphatic rings. The van der Waals surface area contributed by atoms with Crippen LogP contribution < -0.4 is 9.47 Å². The van der Waals surface area contributed by atoms with E-state index in [0.717, 1.165) is 23.7 Å². The summed E-state index contributed by atoms with van der Waals surface area (Å²) < 4.78 is 24.5. The number of methoxy groups -OCH3 is 1. The van der Waals surface area contributed by atoms with Crippen molar-refractivity contribution in [2.75, 3.05) is 7.11 Å². The molecule has 3 heteroatoms. The molecule has 3 rings (SSSR count). The molecule has 0 spiro atoms. The van der Waals surface area contributed by atoms with E-state index in [1.807, 2.05) is 12.1 Å². The Morgan fingerprint density at radius 3 is 2.62 bits per heavy atom. The molecule has 24 heavy (non-hydrogen) atoms. The van der Waals surface area contributed by atoms with Crippen molar-refractivity contribution < 1.29 is 13.9 Å². The maximum atomic E-state index is 13.2. The monoisotopic (exact) mass is 328 g/mol. The standard InChI is InChI=1S/C21H25FO2/c1-23-21-14-17(6-3-2-5-16-9-10-16)11-12-20(21)24-15-18-7-4-8-19(22)13-18/h4,7-8,11-14,16H,2-3,5-6,9-10,15H2,1H3. The molecule has 0 heterocycles. The molecular weight excluding hydrogens is 303 g/mol. The fourth-order valence-corrected chi connectivity index (χ4v) is 2.94. The lowest BCUT2D eigenvalue weighted by molar-refractivity contribution is 0.284. The smallest absolute Gasteiger partial charge is 0.161 e. The van der Waals surface area contributed by atoms with Gasteiger partial charge in [-0.1, -0.05) is 43.9 Å². The Labute approximate surface area is 143 Å². The molecular formula is C21H25FO2. The van der Waals surface area contributed by atoms with Gasteiger partial charge in [-0.2, -0.15) is 0 Å². The molecule has 0 bridgehead atoms. The molecule has 1 aliphatic carbocycles. The van der Waals surface area contributed by atoms with Crippen LogP contribution in [0.4, 0.5) is 4.39 Å². The first kappa shape index (κ1) is 16.8. The molecule has 0 amide bonds. The van der Waals surface area contributed by atoms with Gasteiger partial charge in [-0.05, 0) is 54.2 Å². The van der Waals surface area contributed by atoms with Crippen LogP contribution in [0, 0.1) is 11.7 Å². The lowest BCUT2D eigenvalue weighted by Crippen LogP contribution is -1.99. The third kappa shape index (κ3) is 4.98. The molecule has 2 nitrogen and oxygen atoms in total. The quantitative estimate of drug-likeness (QED) is 0.563. The largest absolute Gasteiger partial charge is 0.493 e. The first-order valence-electron chi connectivity index (χ1n) is 8.79. The van der Waals surface area contributed by atoms with Crippen LogP contribution in [0.5, 0.6) is 11.5 Å². The van der Waals surface area contributed by atoms with E-state index in [9.17, 15) is 4.39 Å². The van der Waals surface area contributed by atoms with Gasteiger partial charge < -0.3 is 9.47 Å². The number of ether oxygens (including phenoxy) is 2. The van der Waals surface area contributed by atoms with E-state index in [1.54, 1.807) is 13.2 Å². The zero-order valence-corrected chi connectivity index (χ0v) is 14.3. The predicted octanol–water partition coefficient (Wildman–Crippen LogP) is 5.54. The van der Waals surface area contributed by atoms with Crippen molar-refractivity contribution in [3.63, 3.8) is 0 Å². The number of hydrogen-bond acceptors (Lipinski definition) is 2. The molecule has 0 aliphatic heterocycles. The summed E-state index contributed by atoms with van der Waals surface area (Å²) >= 11 is 0. The first-order valence-corrected chi connectivity index (χ1v) is 8.79. The molecule has 2 aromatic rings. The molecule has 0 unspecified atom stereocenters. The molecule has 0 radical (unpaired) electrons. The Hall–Kier alpha value is -2.03. The van der Waals surface area contributed by atoms with E-state index in [4.69, 9.17) is 9.47 Å². The normalized spacial score (nSPS) is 13.8. The molecule has 0 N–H and O–H groups in total. The number of benzene rings is 2. The van der Waals surface area contributed by atoms with Crippen LogP contribution in [0.2, 0.25) is 0 Å². The minimum absolute atomic E-state index is 0.246. The summed E-state index contributed by atoms with van der Waals surface area (Å²) in [6.45, 7) is 0.328. The van der Waals surface area contributed by atoms with Gasteiger partial charge in [-0.25, -0.2) is 4.39 Å². The Kier molecular flexibility index (Phi) is 5.73. The van der Waals surface area contributed by atoms with Gasteiger partial charge in [0, 0.05) is 0 Å². The van der Waals surface area contributed by atoms with Crippen molar-refractivity contribution in [3.05, 3.63) is 59.4 Å². The van der Waals surface area contributed by atoms with Crippen LogP contribution in [0.1, 0.15) is 43.2 Å². The van der Waals surface area contributed by atoms with E-state index in [0.29, 0.717) is 12.4 Å². The Morgan fingerprint density at radius 1 is 1.00 bits per heavy atom. The summed E-state index contributed by atoms with van der Waals surface area (Å²) in [4.78, 5) is 0. The van der Waals surface area contributed by atoms with E-state index >= 15 is 0 Å². The van der Waals surface area contributed by atoms with Gasteiger partial charge in [0.15, 0.2) is 11.5 Å². The Balaban J connectivity index is 1.54. The van der Waals surface area contributed by atoms with Crippen LogP contribution >= 0.6 is 0 Å². The summed E-state index contributed by atoms with van der Waals surface area (Å²) in [6, 6.07) is 12.6. The van der Waals surface area contributed by atoms with Crippen molar-refractivity contribution in [2.24, 2.45) is 5.92 Å². The second-order valence-electron chi connectivity index (χ2n) is 6.59. The van der Waals surface area contributed by atoms with Gasteiger partial charge in [-0.15, -0.1) is 0 Å². The average Bonchev–Trinajstić information content (AvgIpc) is 3.41. The number of rotatable bonds is 9. The summed E-state index contributed by atoms with van der Waals surface area (Å²) in [5.74, 6) is 2.21. The number of halogens is 1. The fraction of sp³-hybridized carbons (Fsp3) is 0.429.